The molecule has 1 saturated heterocycles. The number of benzene rings is 1. The highest BCUT2D eigenvalue weighted by Crippen LogP contribution is 2.29. The summed E-state index contributed by atoms with van der Waals surface area (Å²) in [7, 11) is 0. The monoisotopic (exact) mass is 346 g/mol. The van der Waals surface area contributed by atoms with Gasteiger partial charge in [0.05, 0.1) is 5.52 Å². The number of nitrogens with zero attached hydrogens (tertiary/aromatic N) is 4. The Morgan fingerprint density at radius 3 is 2.96 bits per heavy atom. The van der Waals surface area contributed by atoms with Crippen molar-refractivity contribution in [3.05, 3.63) is 43.1 Å². The third-order valence-corrected chi connectivity index (χ3v) is 4.80. The maximum atomic E-state index is 5.39. The van der Waals surface area contributed by atoms with Crippen LogP contribution in [-0.2, 0) is 4.74 Å². The van der Waals surface area contributed by atoms with Crippen LogP contribution in [0, 0.1) is 0 Å². The van der Waals surface area contributed by atoms with Crippen molar-refractivity contribution in [3.8, 4) is 11.1 Å². The number of aromatic amines is 1. The van der Waals surface area contributed by atoms with Crippen molar-refractivity contribution in [2.45, 2.75) is 18.9 Å². The Morgan fingerprint density at radius 1 is 1.12 bits per heavy atom. The number of fused-ring (bicyclic) bond motifs is 2. The molecule has 4 aromatic rings. The van der Waals surface area contributed by atoms with Crippen molar-refractivity contribution >= 4 is 27.9 Å². The molecule has 0 aliphatic carbocycles. The van der Waals surface area contributed by atoms with E-state index >= 15 is 0 Å². The van der Waals surface area contributed by atoms with Crippen LogP contribution in [-0.4, -0.2) is 44.2 Å². The van der Waals surface area contributed by atoms with Crippen LogP contribution >= 0.6 is 0 Å². The van der Waals surface area contributed by atoms with E-state index in [1.807, 2.05) is 24.7 Å². The van der Waals surface area contributed by atoms with E-state index in [1.54, 1.807) is 6.33 Å². The summed E-state index contributed by atoms with van der Waals surface area (Å²) in [6.07, 6.45) is 9.21. The van der Waals surface area contributed by atoms with Crippen LogP contribution in [0.3, 0.4) is 0 Å². The van der Waals surface area contributed by atoms with Crippen molar-refractivity contribution < 1.29 is 4.74 Å². The largest absolute Gasteiger partial charge is 0.381 e. The van der Waals surface area contributed by atoms with Crippen molar-refractivity contribution in [1.82, 2.24) is 24.9 Å². The number of nitrogens with one attached hydrogen (secondary N) is 2. The van der Waals surface area contributed by atoms with Crippen LogP contribution in [0.5, 0.6) is 0 Å². The van der Waals surface area contributed by atoms with E-state index in [9.17, 15) is 0 Å². The second-order valence-corrected chi connectivity index (χ2v) is 6.49. The molecule has 2 N–H and O–H groups in total. The Labute approximate surface area is 149 Å². The SMILES string of the molecule is c1ncc2cc(-c3c[nH]c4nc(NC5CCOCC5)ncc34)ccc2n1. The van der Waals surface area contributed by atoms with Gasteiger partial charge < -0.3 is 15.0 Å². The summed E-state index contributed by atoms with van der Waals surface area (Å²) in [5.41, 5.74) is 3.92. The molecule has 1 aliphatic rings. The van der Waals surface area contributed by atoms with Gasteiger partial charge in [0, 0.05) is 54.2 Å². The predicted molar refractivity (Wildman–Crippen MR) is 99.9 cm³/mol. The number of aromatic nitrogens is 5. The summed E-state index contributed by atoms with van der Waals surface area (Å²) in [6.45, 7) is 1.58. The summed E-state index contributed by atoms with van der Waals surface area (Å²) in [5, 5.41) is 5.42. The van der Waals surface area contributed by atoms with E-state index in [0.717, 1.165) is 59.1 Å². The van der Waals surface area contributed by atoms with Crippen molar-refractivity contribution in [2.24, 2.45) is 0 Å². The molecule has 0 atom stereocenters. The van der Waals surface area contributed by atoms with Gasteiger partial charge in [0.1, 0.15) is 12.0 Å². The molecule has 1 aliphatic heterocycles. The minimum atomic E-state index is 0.371. The van der Waals surface area contributed by atoms with E-state index < -0.39 is 0 Å². The molecule has 0 bridgehead atoms. The molecule has 0 saturated carbocycles. The lowest BCUT2D eigenvalue weighted by Gasteiger charge is -2.22. The Morgan fingerprint density at radius 2 is 2.04 bits per heavy atom. The molecule has 0 unspecified atom stereocenters. The number of hydrogen-bond acceptors (Lipinski definition) is 6. The average molecular weight is 346 g/mol. The van der Waals surface area contributed by atoms with Crippen LogP contribution in [0.15, 0.2) is 43.1 Å². The first kappa shape index (κ1) is 15.2. The fourth-order valence-electron chi connectivity index (χ4n) is 3.39. The van der Waals surface area contributed by atoms with E-state index in [0.29, 0.717) is 12.0 Å². The third-order valence-electron chi connectivity index (χ3n) is 4.80. The zero-order valence-corrected chi connectivity index (χ0v) is 14.1. The van der Waals surface area contributed by atoms with Gasteiger partial charge in [-0.2, -0.15) is 4.98 Å². The van der Waals surface area contributed by atoms with E-state index in [-0.39, 0.29) is 0 Å². The van der Waals surface area contributed by atoms with Gasteiger partial charge in [0.2, 0.25) is 5.95 Å². The lowest BCUT2D eigenvalue weighted by Crippen LogP contribution is -2.28. The molecular formula is C19H18N6O. The second kappa shape index (κ2) is 6.34. The Kier molecular flexibility index (Phi) is 3.71. The molecule has 1 fully saturated rings. The fourth-order valence-corrected chi connectivity index (χ4v) is 3.39. The molecule has 1 aromatic carbocycles. The molecule has 26 heavy (non-hydrogen) atoms. The first-order valence-electron chi connectivity index (χ1n) is 8.75. The lowest BCUT2D eigenvalue weighted by atomic mass is 10.0. The molecule has 5 rings (SSSR count). The van der Waals surface area contributed by atoms with Crippen LogP contribution in [0.1, 0.15) is 12.8 Å². The zero-order chi connectivity index (χ0) is 17.3. The second-order valence-electron chi connectivity index (χ2n) is 6.49. The van der Waals surface area contributed by atoms with Crippen molar-refractivity contribution in [1.29, 1.82) is 0 Å². The summed E-state index contributed by atoms with van der Waals surface area (Å²) in [5.74, 6) is 0.657. The molecular weight excluding hydrogens is 328 g/mol. The first-order valence-corrected chi connectivity index (χ1v) is 8.75. The van der Waals surface area contributed by atoms with Gasteiger partial charge in [-0.05, 0) is 30.5 Å². The molecule has 0 spiro atoms. The van der Waals surface area contributed by atoms with Crippen LogP contribution in [0.2, 0.25) is 0 Å². The minimum Gasteiger partial charge on any atom is -0.381 e. The Bertz CT molecular complexity index is 1070. The standard InChI is InChI=1S/C19H18N6O/c1-2-17-13(8-20-11-23-17)7-12(1)15-9-21-18-16(15)10-22-19(25-18)24-14-3-5-26-6-4-14/h1-2,7-11,14H,3-6H2,(H2,21,22,24,25). The highest BCUT2D eigenvalue weighted by molar-refractivity contribution is 5.96. The van der Waals surface area contributed by atoms with Gasteiger partial charge in [-0.3, -0.25) is 0 Å². The highest BCUT2D eigenvalue weighted by atomic mass is 16.5. The number of H-pyrrole nitrogens is 1. The van der Waals surface area contributed by atoms with E-state index in [2.05, 4.69) is 42.4 Å². The fraction of sp³-hybridized carbons (Fsp3) is 0.263. The normalized spacial score (nSPS) is 15.5. The third kappa shape index (κ3) is 2.76. The van der Waals surface area contributed by atoms with Gasteiger partial charge in [0.15, 0.2) is 0 Å². The van der Waals surface area contributed by atoms with E-state index in [1.165, 1.54) is 0 Å². The van der Waals surface area contributed by atoms with Gasteiger partial charge in [-0.25, -0.2) is 15.0 Å². The Hall–Kier alpha value is -3.06. The van der Waals surface area contributed by atoms with Crippen LogP contribution in [0.25, 0.3) is 33.1 Å². The summed E-state index contributed by atoms with van der Waals surface area (Å²) < 4.78 is 5.39. The van der Waals surface area contributed by atoms with Gasteiger partial charge in [-0.15, -0.1) is 0 Å². The number of rotatable bonds is 3. The number of anilines is 1. The van der Waals surface area contributed by atoms with Gasteiger partial charge >= 0.3 is 0 Å². The molecule has 130 valence electrons. The molecule has 7 heteroatoms. The van der Waals surface area contributed by atoms with Gasteiger partial charge in [0.25, 0.3) is 0 Å². The minimum absolute atomic E-state index is 0.371. The molecule has 3 aromatic heterocycles. The number of ether oxygens (including phenoxy) is 1. The van der Waals surface area contributed by atoms with Crippen LogP contribution in [0.4, 0.5) is 5.95 Å². The Balaban J connectivity index is 1.48. The maximum Gasteiger partial charge on any atom is 0.224 e. The average Bonchev–Trinajstić information content (AvgIpc) is 3.12. The maximum absolute atomic E-state index is 5.39. The topological polar surface area (TPSA) is 88.6 Å². The summed E-state index contributed by atoms with van der Waals surface area (Å²) in [6, 6.07) is 6.53. The molecule has 0 radical (unpaired) electrons. The molecule has 7 nitrogen and oxygen atoms in total. The highest BCUT2D eigenvalue weighted by Gasteiger charge is 2.15. The lowest BCUT2D eigenvalue weighted by molar-refractivity contribution is 0.0903. The van der Waals surface area contributed by atoms with Crippen molar-refractivity contribution in [3.63, 3.8) is 0 Å². The van der Waals surface area contributed by atoms with Crippen molar-refractivity contribution in [2.75, 3.05) is 18.5 Å². The quantitative estimate of drug-likeness (QED) is 0.592. The molecule has 0 amide bonds. The smallest absolute Gasteiger partial charge is 0.224 e. The van der Waals surface area contributed by atoms with Gasteiger partial charge in [-0.1, -0.05) is 6.07 Å². The number of hydrogen-bond donors (Lipinski definition) is 2. The zero-order valence-electron chi connectivity index (χ0n) is 14.1. The van der Waals surface area contributed by atoms with E-state index in [4.69, 9.17) is 4.74 Å². The predicted octanol–water partition coefficient (Wildman–Crippen LogP) is 3.16. The summed E-state index contributed by atoms with van der Waals surface area (Å²) >= 11 is 0. The summed E-state index contributed by atoms with van der Waals surface area (Å²) in [4.78, 5) is 20.8. The first-order chi connectivity index (χ1) is 12.9. The molecule has 4 heterocycles. The van der Waals surface area contributed by atoms with Crippen LogP contribution < -0.4 is 5.32 Å².